The van der Waals surface area contributed by atoms with E-state index in [2.05, 4.69) is 20.9 Å². The number of nitrogens with zero attached hydrogens (tertiary/aromatic N) is 2. The standard InChI is InChI=1S/C14H13BrN2O3/c1-17(2)10-4-3-5-11(7-10)20-13-12(14(18)19)6-9(15)8-16-13/h3-8H,1-2H3,(H,18,19). The summed E-state index contributed by atoms with van der Waals surface area (Å²) >= 11 is 3.19. The molecule has 0 bridgehead atoms. The predicted molar refractivity (Wildman–Crippen MR) is 79.7 cm³/mol. The summed E-state index contributed by atoms with van der Waals surface area (Å²) in [4.78, 5) is 17.1. The first-order valence-electron chi connectivity index (χ1n) is 5.81. The van der Waals surface area contributed by atoms with Gasteiger partial charge in [0.25, 0.3) is 0 Å². The number of carboxylic acids is 1. The lowest BCUT2D eigenvalue weighted by Crippen LogP contribution is -2.08. The minimum Gasteiger partial charge on any atom is -0.477 e. The Morgan fingerprint density at radius 3 is 2.75 bits per heavy atom. The van der Waals surface area contributed by atoms with Crippen LogP contribution in [0.3, 0.4) is 0 Å². The number of hydrogen-bond donors (Lipinski definition) is 1. The second-order valence-electron chi connectivity index (χ2n) is 4.31. The molecule has 0 fully saturated rings. The van der Waals surface area contributed by atoms with Crippen molar-refractivity contribution in [1.29, 1.82) is 0 Å². The van der Waals surface area contributed by atoms with Crippen LogP contribution in [0.2, 0.25) is 0 Å². The number of rotatable bonds is 4. The highest BCUT2D eigenvalue weighted by Gasteiger charge is 2.14. The lowest BCUT2D eigenvalue weighted by atomic mass is 10.2. The fraction of sp³-hybridized carbons (Fsp3) is 0.143. The Morgan fingerprint density at radius 1 is 1.35 bits per heavy atom. The molecular formula is C14H13BrN2O3. The van der Waals surface area contributed by atoms with E-state index in [0.29, 0.717) is 10.2 Å². The summed E-state index contributed by atoms with van der Waals surface area (Å²) in [6.45, 7) is 0. The molecular weight excluding hydrogens is 324 g/mol. The Hall–Kier alpha value is -2.08. The van der Waals surface area contributed by atoms with Crippen LogP contribution in [-0.2, 0) is 0 Å². The first-order valence-corrected chi connectivity index (χ1v) is 6.61. The Kier molecular flexibility index (Phi) is 4.24. The topological polar surface area (TPSA) is 62.7 Å². The van der Waals surface area contributed by atoms with Crippen molar-refractivity contribution in [3.63, 3.8) is 0 Å². The second kappa shape index (κ2) is 5.92. The van der Waals surface area contributed by atoms with Crippen LogP contribution < -0.4 is 9.64 Å². The number of carboxylic acid groups (broad SMARTS) is 1. The molecule has 0 unspecified atom stereocenters. The van der Waals surface area contributed by atoms with Gasteiger partial charge >= 0.3 is 5.97 Å². The number of carbonyl (C=O) groups is 1. The third-order valence-electron chi connectivity index (χ3n) is 2.60. The fourth-order valence-corrected chi connectivity index (χ4v) is 1.93. The number of pyridine rings is 1. The predicted octanol–water partition coefficient (Wildman–Crippen LogP) is 3.40. The van der Waals surface area contributed by atoms with Crippen LogP contribution >= 0.6 is 15.9 Å². The zero-order valence-corrected chi connectivity index (χ0v) is 12.6. The largest absolute Gasteiger partial charge is 0.477 e. The Balaban J connectivity index is 2.35. The third-order valence-corrected chi connectivity index (χ3v) is 3.03. The van der Waals surface area contributed by atoms with Crippen molar-refractivity contribution in [2.75, 3.05) is 19.0 Å². The summed E-state index contributed by atoms with van der Waals surface area (Å²) in [5.74, 6) is -0.484. The number of aromatic nitrogens is 1. The normalized spacial score (nSPS) is 10.2. The van der Waals surface area contributed by atoms with Gasteiger partial charge in [-0.05, 0) is 34.1 Å². The number of ether oxygens (including phenoxy) is 1. The van der Waals surface area contributed by atoms with Gasteiger partial charge in [-0.1, -0.05) is 6.07 Å². The molecule has 0 aliphatic rings. The van der Waals surface area contributed by atoms with Gasteiger partial charge in [0, 0.05) is 36.5 Å². The van der Waals surface area contributed by atoms with Gasteiger partial charge in [0.1, 0.15) is 11.3 Å². The monoisotopic (exact) mass is 336 g/mol. The number of aromatic carboxylic acids is 1. The van der Waals surface area contributed by atoms with Gasteiger partial charge in [0.15, 0.2) is 0 Å². The lowest BCUT2D eigenvalue weighted by molar-refractivity contribution is 0.0693. The summed E-state index contributed by atoms with van der Waals surface area (Å²) in [5, 5.41) is 9.16. The van der Waals surface area contributed by atoms with Crippen molar-refractivity contribution in [3.8, 4) is 11.6 Å². The Morgan fingerprint density at radius 2 is 2.10 bits per heavy atom. The molecule has 0 saturated carbocycles. The van der Waals surface area contributed by atoms with Gasteiger partial charge in [-0.15, -0.1) is 0 Å². The van der Waals surface area contributed by atoms with Gasteiger partial charge < -0.3 is 14.7 Å². The lowest BCUT2D eigenvalue weighted by Gasteiger charge is -2.14. The molecule has 1 N–H and O–H groups in total. The maximum absolute atomic E-state index is 11.2. The second-order valence-corrected chi connectivity index (χ2v) is 5.22. The highest BCUT2D eigenvalue weighted by molar-refractivity contribution is 9.10. The van der Waals surface area contributed by atoms with Crippen molar-refractivity contribution in [2.24, 2.45) is 0 Å². The number of halogens is 1. The molecule has 0 aliphatic carbocycles. The molecule has 0 amide bonds. The summed E-state index contributed by atoms with van der Waals surface area (Å²) in [5.41, 5.74) is 0.964. The summed E-state index contributed by atoms with van der Waals surface area (Å²) in [6.07, 6.45) is 1.50. The molecule has 0 radical (unpaired) electrons. The number of hydrogen-bond acceptors (Lipinski definition) is 4. The highest BCUT2D eigenvalue weighted by atomic mass is 79.9. The quantitative estimate of drug-likeness (QED) is 0.926. The molecule has 104 valence electrons. The summed E-state index contributed by atoms with van der Waals surface area (Å²) < 4.78 is 6.16. The molecule has 20 heavy (non-hydrogen) atoms. The molecule has 0 atom stereocenters. The van der Waals surface area contributed by atoms with E-state index in [1.54, 1.807) is 6.07 Å². The van der Waals surface area contributed by atoms with Crippen LogP contribution in [0, 0.1) is 0 Å². The van der Waals surface area contributed by atoms with E-state index in [9.17, 15) is 4.79 Å². The third kappa shape index (κ3) is 3.27. The average molecular weight is 337 g/mol. The van der Waals surface area contributed by atoms with Crippen molar-refractivity contribution in [2.45, 2.75) is 0 Å². The number of anilines is 1. The summed E-state index contributed by atoms with van der Waals surface area (Å²) in [6, 6.07) is 8.79. The van der Waals surface area contributed by atoms with Gasteiger partial charge in [-0.2, -0.15) is 0 Å². The van der Waals surface area contributed by atoms with Crippen molar-refractivity contribution in [3.05, 3.63) is 46.6 Å². The SMILES string of the molecule is CN(C)c1cccc(Oc2ncc(Br)cc2C(=O)O)c1. The van der Waals surface area contributed by atoms with E-state index in [-0.39, 0.29) is 11.4 Å². The minimum atomic E-state index is -1.09. The maximum atomic E-state index is 11.2. The van der Waals surface area contributed by atoms with Crippen molar-refractivity contribution < 1.29 is 14.6 Å². The molecule has 0 spiro atoms. The first-order chi connectivity index (χ1) is 9.47. The molecule has 5 nitrogen and oxygen atoms in total. The maximum Gasteiger partial charge on any atom is 0.341 e. The number of benzene rings is 1. The van der Waals surface area contributed by atoms with Crippen LogP contribution in [-0.4, -0.2) is 30.2 Å². The molecule has 6 heteroatoms. The average Bonchev–Trinajstić information content (AvgIpc) is 2.41. The first kappa shape index (κ1) is 14.3. The summed E-state index contributed by atoms with van der Waals surface area (Å²) in [7, 11) is 3.83. The van der Waals surface area contributed by atoms with Gasteiger partial charge in [-0.3, -0.25) is 0 Å². The molecule has 2 aromatic rings. The van der Waals surface area contributed by atoms with Gasteiger partial charge in [0.2, 0.25) is 5.88 Å². The zero-order chi connectivity index (χ0) is 14.7. The van der Waals surface area contributed by atoms with Crippen LogP contribution in [0.1, 0.15) is 10.4 Å². The fourth-order valence-electron chi connectivity index (χ4n) is 1.60. The van der Waals surface area contributed by atoms with Crippen LogP contribution in [0.5, 0.6) is 11.6 Å². The molecule has 1 aromatic heterocycles. The van der Waals surface area contributed by atoms with Crippen molar-refractivity contribution >= 4 is 27.6 Å². The Labute approximate surface area is 124 Å². The molecule has 2 rings (SSSR count). The highest BCUT2D eigenvalue weighted by Crippen LogP contribution is 2.27. The van der Waals surface area contributed by atoms with Crippen molar-refractivity contribution in [1.82, 2.24) is 4.98 Å². The van der Waals surface area contributed by atoms with E-state index < -0.39 is 5.97 Å². The molecule has 1 aromatic carbocycles. The zero-order valence-electron chi connectivity index (χ0n) is 11.0. The van der Waals surface area contributed by atoms with E-state index in [4.69, 9.17) is 9.84 Å². The van der Waals surface area contributed by atoms with Crippen LogP contribution in [0.25, 0.3) is 0 Å². The molecule has 1 heterocycles. The van der Waals surface area contributed by atoms with E-state index in [1.165, 1.54) is 12.3 Å². The molecule has 0 saturated heterocycles. The van der Waals surface area contributed by atoms with E-state index in [0.717, 1.165) is 5.69 Å². The smallest absolute Gasteiger partial charge is 0.341 e. The van der Waals surface area contributed by atoms with Crippen LogP contribution in [0.4, 0.5) is 5.69 Å². The van der Waals surface area contributed by atoms with E-state index in [1.807, 2.05) is 37.2 Å². The van der Waals surface area contributed by atoms with Crippen LogP contribution in [0.15, 0.2) is 41.0 Å². The van der Waals surface area contributed by atoms with Gasteiger partial charge in [0.05, 0.1) is 0 Å². The minimum absolute atomic E-state index is 0.00892. The Bertz CT molecular complexity index is 644. The molecule has 0 aliphatic heterocycles. The van der Waals surface area contributed by atoms with E-state index >= 15 is 0 Å². The van der Waals surface area contributed by atoms with Gasteiger partial charge in [-0.25, -0.2) is 9.78 Å².